The smallest absolute Gasteiger partial charge is 0.380 e. The molecule has 1 amide bonds. The molecule has 7 unspecified atom stereocenters. The van der Waals surface area contributed by atoms with Crippen LogP contribution in [0.3, 0.4) is 0 Å². The van der Waals surface area contributed by atoms with E-state index < -0.39 is 36.3 Å². The molecule has 6 rings (SSSR count). The zero-order chi connectivity index (χ0) is 28.9. The number of amides is 1. The van der Waals surface area contributed by atoms with Crippen LogP contribution >= 0.6 is 0 Å². The van der Waals surface area contributed by atoms with Crippen LogP contribution in [0.2, 0.25) is 0 Å². The van der Waals surface area contributed by atoms with E-state index in [1.165, 1.54) is 0 Å². The van der Waals surface area contributed by atoms with Crippen LogP contribution in [0.15, 0.2) is 0 Å². The minimum atomic E-state index is -4.35. The molecule has 0 spiro atoms. The molecule has 7 nitrogen and oxygen atoms in total. The first kappa shape index (κ1) is 30.0. The van der Waals surface area contributed by atoms with Crippen molar-refractivity contribution in [3.63, 3.8) is 0 Å². The van der Waals surface area contributed by atoms with Crippen molar-refractivity contribution in [3.05, 3.63) is 0 Å². The van der Waals surface area contributed by atoms with E-state index in [2.05, 4.69) is 22.8 Å². The van der Waals surface area contributed by atoms with Crippen molar-refractivity contribution in [2.75, 3.05) is 53.1 Å². The van der Waals surface area contributed by atoms with E-state index in [-0.39, 0.29) is 42.4 Å². The highest BCUT2D eigenvalue weighted by Gasteiger charge is 2.58. The van der Waals surface area contributed by atoms with Crippen LogP contribution in [0.25, 0.3) is 0 Å². The Labute approximate surface area is 239 Å². The summed E-state index contributed by atoms with van der Waals surface area (Å²) >= 11 is 0. The summed E-state index contributed by atoms with van der Waals surface area (Å²) in [6, 6.07) is -0.0163. The van der Waals surface area contributed by atoms with Gasteiger partial charge in [-0.05, 0) is 89.3 Å². The Morgan fingerprint density at radius 3 is 2.44 bits per heavy atom. The van der Waals surface area contributed by atoms with Crippen molar-refractivity contribution in [2.24, 2.45) is 40.9 Å². The molecule has 0 aromatic heterocycles. The Balaban J connectivity index is 1.12. The van der Waals surface area contributed by atoms with E-state index in [0.29, 0.717) is 58.0 Å². The van der Waals surface area contributed by atoms with Gasteiger partial charge in [-0.2, -0.15) is 13.2 Å². The molecule has 2 saturated carbocycles. The summed E-state index contributed by atoms with van der Waals surface area (Å²) in [5.74, 6) is -3.34. The van der Waals surface area contributed by atoms with Gasteiger partial charge in [-0.25, -0.2) is 19.6 Å². The van der Waals surface area contributed by atoms with Crippen molar-refractivity contribution >= 4 is 5.91 Å². The van der Waals surface area contributed by atoms with Gasteiger partial charge in [-0.3, -0.25) is 9.69 Å². The Morgan fingerprint density at radius 2 is 1.83 bits per heavy atom. The van der Waals surface area contributed by atoms with E-state index >= 15 is 0 Å². The maximum Gasteiger partial charge on any atom is 0.392 e. The van der Waals surface area contributed by atoms with Crippen LogP contribution < -0.4 is 10.9 Å². The Hall–Kier alpha value is -1.08. The number of alkyl halides is 5. The fourth-order valence-corrected chi connectivity index (χ4v) is 9.11. The zero-order valence-electron chi connectivity index (χ0n) is 24.1. The van der Waals surface area contributed by atoms with Crippen LogP contribution in [0.1, 0.15) is 57.8 Å². The average molecular weight is 592 g/mol. The number of hydrogen-bond donors (Lipinski definition) is 2. The predicted molar refractivity (Wildman–Crippen MR) is 142 cm³/mol. The molecule has 12 heteroatoms. The molecule has 6 fully saturated rings. The van der Waals surface area contributed by atoms with Gasteiger partial charge in [-0.1, -0.05) is 6.42 Å². The molecule has 7 atom stereocenters. The maximum absolute atomic E-state index is 14.4. The lowest BCUT2D eigenvalue weighted by Gasteiger charge is -2.52. The Bertz CT molecular complexity index is 928. The minimum Gasteiger partial charge on any atom is -0.380 e. The first-order chi connectivity index (χ1) is 19.5. The number of halogens is 5. The highest BCUT2D eigenvalue weighted by atomic mass is 19.4. The molecule has 4 heterocycles. The number of rotatable bonds is 7. The summed E-state index contributed by atoms with van der Waals surface area (Å²) in [7, 11) is 2.08. The average Bonchev–Trinajstić information content (AvgIpc) is 3.47. The first-order valence-electron chi connectivity index (χ1n) is 15.7. The largest absolute Gasteiger partial charge is 0.392 e. The molecule has 41 heavy (non-hydrogen) atoms. The van der Waals surface area contributed by atoms with Crippen LogP contribution in [0.4, 0.5) is 22.0 Å². The SMILES string of the molecule is CN1CNNC1CC1(C2CCCC(N3CC4C(CC(CN5CCC(C(F)F)CC5)CC4C(F)(F)F)C3=O)C2)COC1. The summed E-state index contributed by atoms with van der Waals surface area (Å²) in [5, 5.41) is 0. The normalized spacial score (nSPS) is 39.3. The van der Waals surface area contributed by atoms with Gasteiger partial charge in [0.1, 0.15) is 0 Å². The second-order valence-corrected chi connectivity index (χ2v) is 14.0. The summed E-state index contributed by atoms with van der Waals surface area (Å²) in [4.78, 5) is 20.0. The van der Waals surface area contributed by atoms with Gasteiger partial charge in [0.2, 0.25) is 12.3 Å². The number of nitrogens with zero attached hydrogens (tertiary/aromatic N) is 3. The van der Waals surface area contributed by atoms with Crippen molar-refractivity contribution < 1.29 is 31.5 Å². The number of carbonyl (C=O) groups excluding carboxylic acids is 1. The number of nitrogens with one attached hydrogen (secondary N) is 2. The third-order valence-electron chi connectivity index (χ3n) is 11.6. The molecule has 4 saturated heterocycles. The number of hydrazine groups is 1. The van der Waals surface area contributed by atoms with Gasteiger partial charge in [0, 0.05) is 36.4 Å². The summed E-state index contributed by atoms with van der Waals surface area (Å²) in [6.45, 7) is 3.82. The number of likely N-dealkylation sites (tertiary alicyclic amines) is 2. The topological polar surface area (TPSA) is 60.1 Å². The molecule has 6 aliphatic rings. The molecule has 0 aromatic carbocycles. The third kappa shape index (κ3) is 6.01. The lowest BCUT2D eigenvalue weighted by molar-refractivity contribution is -0.204. The number of hydrogen-bond acceptors (Lipinski definition) is 6. The first-order valence-corrected chi connectivity index (χ1v) is 15.7. The van der Waals surface area contributed by atoms with Crippen LogP contribution in [0, 0.1) is 40.9 Å². The second kappa shape index (κ2) is 11.8. The summed E-state index contributed by atoms with van der Waals surface area (Å²) in [5.41, 5.74) is 6.57. The highest BCUT2D eigenvalue weighted by molar-refractivity contribution is 5.82. The van der Waals surface area contributed by atoms with E-state index in [1.54, 1.807) is 0 Å². The number of fused-ring (bicyclic) bond motifs is 1. The van der Waals surface area contributed by atoms with Crippen molar-refractivity contribution in [1.82, 2.24) is 25.6 Å². The van der Waals surface area contributed by atoms with Crippen molar-refractivity contribution in [2.45, 2.75) is 82.6 Å². The van der Waals surface area contributed by atoms with Gasteiger partial charge in [0.15, 0.2) is 0 Å². The molecule has 0 radical (unpaired) electrons. The fourth-order valence-electron chi connectivity index (χ4n) is 9.11. The third-order valence-corrected chi connectivity index (χ3v) is 11.6. The van der Waals surface area contributed by atoms with Gasteiger partial charge >= 0.3 is 6.18 Å². The number of piperidine rings is 1. The number of ether oxygens (including phenoxy) is 1. The lowest BCUT2D eigenvalue weighted by Crippen LogP contribution is -2.56. The van der Waals surface area contributed by atoms with Gasteiger partial charge in [0.25, 0.3) is 0 Å². The Morgan fingerprint density at radius 1 is 1.07 bits per heavy atom. The maximum atomic E-state index is 14.4. The van der Waals surface area contributed by atoms with E-state index in [1.807, 2.05) is 9.80 Å². The van der Waals surface area contributed by atoms with Crippen LogP contribution in [-0.2, 0) is 9.53 Å². The van der Waals surface area contributed by atoms with Crippen molar-refractivity contribution in [1.29, 1.82) is 0 Å². The minimum absolute atomic E-state index is 0.0163. The Kier molecular flexibility index (Phi) is 8.61. The quantitative estimate of drug-likeness (QED) is 0.438. The molecule has 4 aliphatic heterocycles. The molecule has 2 N–H and O–H groups in total. The highest BCUT2D eigenvalue weighted by Crippen LogP contribution is 2.53. The zero-order valence-corrected chi connectivity index (χ0v) is 24.1. The molecule has 2 aliphatic carbocycles. The molecule has 0 aromatic rings. The summed E-state index contributed by atoms with van der Waals surface area (Å²) in [6.07, 6.45) is -0.553. The fraction of sp³-hybridized carbons (Fsp3) is 0.966. The summed E-state index contributed by atoms with van der Waals surface area (Å²) < 4.78 is 75.1. The van der Waals surface area contributed by atoms with Gasteiger partial charge in [-0.15, -0.1) is 0 Å². The standard InChI is InChI=1S/C29H46F5N5O2/c1-37-17-35-36-25(37)12-28(15-41-16-28)20-3-2-4-21(11-20)39-14-23-22(27(39)40)9-18(10-24(23)29(32,33)34)13-38-7-5-19(6-8-38)26(30)31/h18-26,35-36H,2-17H2,1H3. The number of carbonyl (C=O) groups is 1. The monoisotopic (exact) mass is 591 g/mol. The van der Waals surface area contributed by atoms with Crippen LogP contribution in [0.5, 0.6) is 0 Å². The molecular formula is C29H46F5N5O2. The van der Waals surface area contributed by atoms with Gasteiger partial charge < -0.3 is 14.5 Å². The van der Waals surface area contributed by atoms with E-state index in [4.69, 9.17) is 4.74 Å². The molecular weight excluding hydrogens is 545 g/mol. The van der Waals surface area contributed by atoms with Crippen LogP contribution in [-0.4, -0.2) is 98.5 Å². The van der Waals surface area contributed by atoms with E-state index in [0.717, 1.165) is 38.8 Å². The predicted octanol–water partition coefficient (Wildman–Crippen LogP) is 3.92. The molecule has 234 valence electrons. The second-order valence-electron chi connectivity index (χ2n) is 14.0. The molecule has 0 bridgehead atoms. The van der Waals surface area contributed by atoms with Gasteiger partial charge in [0.05, 0.1) is 32.0 Å². The lowest BCUT2D eigenvalue weighted by atomic mass is 9.64. The van der Waals surface area contributed by atoms with Crippen molar-refractivity contribution in [3.8, 4) is 0 Å². The van der Waals surface area contributed by atoms with E-state index in [9.17, 15) is 26.7 Å².